The quantitative estimate of drug-likeness (QED) is 0.216. The Bertz CT molecular complexity index is 668. The summed E-state index contributed by atoms with van der Waals surface area (Å²) in [6.07, 6.45) is -1.50. The third kappa shape index (κ3) is 5.25. The van der Waals surface area contributed by atoms with Gasteiger partial charge in [0, 0.05) is 24.3 Å². The Hall–Kier alpha value is -3.49. The summed E-state index contributed by atoms with van der Waals surface area (Å²) in [5.41, 5.74) is 5.44. The number of nitro benzene ring substituents is 1. The van der Waals surface area contributed by atoms with Crippen LogP contribution in [0, 0.1) is 10.1 Å². The number of nitro groups is 1. The Morgan fingerprint density at radius 3 is 2.09 bits per heavy atom. The lowest BCUT2D eigenvalue weighted by molar-refractivity contribution is -0.383. The number of nitrogens with zero attached hydrogens (tertiary/aromatic N) is 1. The minimum absolute atomic E-state index is 0.0394. The number of hydrogen-bond acceptors (Lipinski definition) is 7. The van der Waals surface area contributed by atoms with Gasteiger partial charge in [0.25, 0.3) is 5.69 Å². The number of ether oxygens (including phenoxy) is 1. The largest absolute Gasteiger partial charge is 0.511 e. The normalized spacial score (nSPS) is 9.27. The van der Waals surface area contributed by atoms with Crippen LogP contribution in [0.25, 0.3) is 0 Å². The van der Waals surface area contributed by atoms with Crippen molar-refractivity contribution in [3.8, 4) is 17.2 Å². The van der Waals surface area contributed by atoms with Gasteiger partial charge < -0.3 is 25.8 Å². The molecule has 9 heteroatoms. The number of nitrogens with two attached hydrogens (primary N) is 1. The smallest absolute Gasteiger partial charge is 0.508 e. The van der Waals surface area contributed by atoms with E-state index < -0.39 is 11.1 Å². The molecule has 0 amide bonds. The molecule has 2 rings (SSSR count). The number of para-hydroxylation sites is 2. The lowest BCUT2D eigenvalue weighted by Gasteiger charge is -2.00. The van der Waals surface area contributed by atoms with Crippen molar-refractivity contribution in [1.29, 1.82) is 0 Å². The highest BCUT2D eigenvalue weighted by Crippen LogP contribution is 2.25. The standard InChI is InChI=1S/C7H6O5.C6H6N2O2/c8-4-1-5(9)3-6(2-4)12-7(10)11;7-5-3-1-2-4-6(5)8(9)10/h1-3,8-9H,(H,10,11);1-4H,7H2. The molecular formula is C13H12N2O7. The van der Waals surface area contributed by atoms with Crippen molar-refractivity contribution >= 4 is 17.5 Å². The maximum atomic E-state index is 10.1. The van der Waals surface area contributed by atoms with Gasteiger partial charge in [0.1, 0.15) is 22.9 Å². The van der Waals surface area contributed by atoms with Gasteiger partial charge in [-0.25, -0.2) is 4.79 Å². The molecule has 0 fully saturated rings. The Morgan fingerprint density at radius 2 is 1.68 bits per heavy atom. The third-order valence-electron chi connectivity index (χ3n) is 2.21. The zero-order valence-electron chi connectivity index (χ0n) is 11.0. The molecule has 0 saturated carbocycles. The first-order valence-electron chi connectivity index (χ1n) is 5.72. The van der Waals surface area contributed by atoms with Crippen molar-refractivity contribution < 1.29 is 29.8 Å². The first-order valence-corrected chi connectivity index (χ1v) is 5.72. The van der Waals surface area contributed by atoms with Gasteiger partial charge in [-0.1, -0.05) is 12.1 Å². The molecule has 0 aromatic heterocycles. The molecule has 0 heterocycles. The molecule has 0 aliphatic carbocycles. The summed E-state index contributed by atoms with van der Waals surface area (Å²) in [7, 11) is 0. The molecular weight excluding hydrogens is 296 g/mol. The van der Waals surface area contributed by atoms with Crippen LogP contribution < -0.4 is 10.5 Å². The highest BCUT2D eigenvalue weighted by molar-refractivity contribution is 5.62. The van der Waals surface area contributed by atoms with Gasteiger partial charge in [0.05, 0.1) is 4.92 Å². The number of carbonyl (C=O) groups is 1. The molecule has 0 bridgehead atoms. The SMILES string of the molecule is Nc1ccccc1[N+](=O)[O-].O=C(O)Oc1cc(O)cc(O)c1. The van der Waals surface area contributed by atoms with Gasteiger partial charge in [0.2, 0.25) is 0 Å². The summed E-state index contributed by atoms with van der Waals surface area (Å²) < 4.78 is 4.17. The summed E-state index contributed by atoms with van der Waals surface area (Å²) in [6, 6.07) is 9.32. The molecule has 22 heavy (non-hydrogen) atoms. The predicted octanol–water partition coefficient (Wildman–Crippen LogP) is 2.33. The second-order valence-corrected chi connectivity index (χ2v) is 3.87. The first kappa shape index (κ1) is 16.6. The van der Waals surface area contributed by atoms with Crippen LogP contribution in [0.1, 0.15) is 0 Å². The number of aromatic hydroxyl groups is 2. The van der Waals surface area contributed by atoms with Crippen LogP contribution in [0.4, 0.5) is 16.2 Å². The van der Waals surface area contributed by atoms with Crippen molar-refractivity contribution in [1.82, 2.24) is 0 Å². The van der Waals surface area contributed by atoms with Crippen LogP contribution in [0.15, 0.2) is 42.5 Å². The number of phenolic OH excluding ortho intramolecular Hbond substituents is 2. The average Bonchev–Trinajstić information content (AvgIpc) is 2.37. The molecule has 5 N–H and O–H groups in total. The molecule has 2 aromatic rings. The fourth-order valence-corrected chi connectivity index (χ4v) is 1.38. The molecule has 0 spiro atoms. The van der Waals surface area contributed by atoms with Gasteiger partial charge >= 0.3 is 6.16 Å². The van der Waals surface area contributed by atoms with E-state index in [1.165, 1.54) is 12.1 Å². The maximum absolute atomic E-state index is 10.1. The molecule has 0 radical (unpaired) electrons. The maximum Gasteiger partial charge on any atom is 0.511 e. The average molecular weight is 308 g/mol. The minimum Gasteiger partial charge on any atom is -0.508 e. The summed E-state index contributed by atoms with van der Waals surface area (Å²) in [4.78, 5) is 19.6. The van der Waals surface area contributed by atoms with E-state index in [2.05, 4.69) is 4.74 Å². The van der Waals surface area contributed by atoms with Crippen LogP contribution in [-0.2, 0) is 0 Å². The molecule has 0 aliphatic rings. The Kier molecular flexibility index (Phi) is 5.52. The van der Waals surface area contributed by atoms with Crippen molar-refractivity contribution in [3.05, 3.63) is 52.6 Å². The second kappa shape index (κ2) is 7.33. The lowest BCUT2D eigenvalue weighted by atomic mass is 10.3. The minimum atomic E-state index is -1.50. The van der Waals surface area contributed by atoms with E-state index in [9.17, 15) is 14.9 Å². The number of benzene rings is 2. The lowest BCUT2D eigenvalue weighted by Crippen LogP contribution is -2.02. The van der Waals surface area contributed by atoms with Gasteiger partial charge in [-0.05, 0) is 6.07 Å². The van der Waals surface area contributed by atoms with Crippen molar-refractivity contribution in [2.24, 2.45) is 0 Å². The van der Waals surface area contributed by atoms with Crippen LogP contribution in [-0.4, -0.2) is 26.4 Å². The fraction of sp³-hybridized carbons (Fsp3) is 0. The molecule has 116 valence electrons. The fourth-order valence-electron chi connectivity index (χ4n) is 1.38. The first-order chi connectivity index (χ1) is 10.3. The highest BCUT2D eigenvalue weighted by Gasteiger charge is 2.07. The van der Waals surface area contributed by atoms with Crippen LogP contribution in [0.5, 0.6) is 17.2 Å². The van der Waals surface area contributed by atoms with Gasteiger partial charge in [0.15, 0.2) is 0 Å². The van der Waals surface area contributed by atoms with Crippen LogP contribution in [0.3, 0.4) is 0 Å². The zero-order chi connectivity index (χ0) is 16.7. The summed E-state index contributed by atoms with van der Waals surface area (Å²) in [6.45, 7) is 0. The number of nitrogen functional groups attached to an aromatic ring is 1. The predicted molar refractivity (Wildman–Crippen MR) is 75.9 cm³/mol. The number of hydrogen-bond donors (Lipinski definition) is 4. The second-order valence-electron chi connectivity index (χ2n) is 3.87. The van der Waals surface area contributed by atoms with Gasteiger partial charge in [-0.15, -0.1) is 0 Å². The van der Waals surface area contributed by atoms with E-state index in [0.717, 1.165) is 18.2 Å². The third-order valence-corrected chi connectivity index (χ3v) is 2.21. The summed E-state index contributed by atoms with van der Waals surface area (Å²) in [5, 5.41) is 36.1. The van der Waals surface area contributed by atoms with Crippen LogP contribution >= 0.6 is 0 Å². The Balaban J connectivity index is 0.000000224. The zero-order valence-corrected chi connectivity index (χ0v) is 11.0. The number of phenols is 2. The molecule has 0 atom stereocenters. The highest BCUT2D eigenvalue weighted by atomic mass is 16.7. The van der Waals surface area contributed by atoms with E-state index in [-0.39, 0.29) is 28.6 Å². The Labute approximate surface area is 124 Å². The summed E-state index contributed by atoms with van der Waals surface area (Å²) >= 11 is 0. The van der Waals surface area contributed by atoms with E-state index >= 15 is 0 Å². The van der Waals surface area contributed by atoms with E-state index in [1.807, 2.05) is 0 Å². The molecule has 9 nitrogen and oxygen atoms in total. The number of rotatable bonds is 2. The topological polar surface area (TPSA) is 156 Å². The van der Waals surface area contributed by atoms with E-state index in [0.29, 0.717) is 0 Å². The summed E-state index contributed by atoms with van der Waals surface area (Å²) in [5.74, 6) is -0.641. The van der Waals surface area contributed by atoms with Gasteiger partial charge in [-0.2, -0.15) is 0 Å². The number of anilines is 1. The van der Waals surface area contributed by atoms with Crippen molar-refractivity contribution in [2.75, 3.05) is 5.73 Å². The van der Waals surface area contributed by atoms with Crippen molar-refractivity contribution in [3.63, 3.8) is 0 Å². The molecule has 0 saturated heterocycles. The Morgan fingerprint density at radius 1 is 1.14 bits per heavy atom. The monoisotopic (exact) mass is 308 g/mol. The molecule has 2 aromatic carbocycles. The van der Waals surface area contributed by atoms with E-state index in [1.54, 1.807) is 12.1 Å². The van der Waals surface area contributed by atoms with Crippen molar-refractivity contribution in [2.45, 2.75) is 0 Å². The number of carboxylic acid groups (broad SMARTS) is 1. The van der Waals surface area contributed by atoms with Crippen LogP contribution in [0.2, 0.25) is 0 Å². The molecule has 0 aliphatic heterocycles. The van der Waals surface area contributed by atoms with E-state index in [4.69, 9.17) is 21.1 Å². The van der Waals surface area contributed by atoms with Gasteiger partial charge in [-0.3, -0.25) is 10.1 Å². The molecule has 0 unspecified atom stereocenters.